The van der Waals surface area contributed by atoms with Gasteiger partial charge >= 0.3 is 7.60 Å². The Morgan fingerprint density at radius 2 is 2.47 bits per heavy atom. The van der Waals surface area contributed by atoms with E-state index in [1.54, 1.807) is 0 Å². The molecule has 2 rings (SSSR count). The number of hydrogen-bond donors (Lipinski definition) is 2. The largest absolute Gasteiger partial charge is 0.442 e. The summed E-state index contributed by atoms with van der Waals surface area (Å²) >= 11 is 0. The summed E-state index contributed by atoms with van der Waals surface area (Å²) in [5, 5.41) is 0. The van der Waals surface area contributed by atoms with Crippen LogP contribution in [0.2, 0.25) is 0 Å². The van der Waals surface area contributed by atoms with Crippen LogP contribution in [0, 0.1) is 0 Å². The summed E-state index contributed by atoms with van der Waals surface area (Å²) in [4.78, 5) is 23.4. The van der Waals surface area contributed by atoms with E-state index in [1.165, 1.54) is 12.5 Å². The van der Waals surface area contributed by atoms with E-state index in [0.717, 1.165) is 6.26 Å². The van der Waals surface area contributed by atoms with Crippen molar-refractivity contribution >= 4 is 24.3 Å². The third kappa shape index (κ3) is 1.74. The Balaban J connectivity index is 2.53. The van der Waals surface area contributed by atoms with E-state index in [9.17, 15) is 9.46 Å². The highest BCUT2D eigenvalue weighted by atomic mass is 31.2. The van der Waals surface area contributed by atoms with Crippen LogP contribution in [0.4, 0.5) is 0 Å². The standard InChI is InChI=1S/C7H7N4O3P/c1-2-14-15(12,13)7-10-5-3-8-4-9-6(5)11-7/h2-4H,1H2,(H,12,13)(H,8,9,10,11). The fourth-order valence-corrected chi connectivity index (χ4v) is 1.82. The molecule has 0 aromatic carbocycles. The summed E-state index contributed by atoms with van der Waals surface area (Å²) in [6.07, 6.45) is 3.63. The first kappa shape index (κ1) is 9.82. The summed E-state index contributed by atoms with van der Waals surface area (Å²) in [7, 11) is -3.97. The molecule has 0 amide bonds. The predicted molar refractivity (Wildman–Crippen MR) is 52.4 cm³/mol. The fraction of sp³-hybridized carbons (Fsp3) is 0. The lowest BCUT2D eigenvalue weighted by atomic mass is 10.6. The molecule has 0 saturated carbocycles. The van der Waals surface area contributed by atoms with Crippen molar-refractivity contribution in [2.24, 2.45) is 0 Å². The summed E-state index contributed by atoms with van der Waals surface area (Å²) in [6.45, 7) is 3.20. The molecule has 1 atom stereocenters. The first-order valence-electron chi connectivity index (χ1n) is 3.92. The molecule has 2 heterocycles. The highest BCUT2D eigenvalue weighted by molar-refractivity contribution is 7.60. The molecule has 0 aliphatic heterocycles. The average Bonchev–Trinajstić information content (AvgIpc) is 2.61. The van der Waals surface area contributed by atoms with Crippen LogP contribution in [0.5, 0.6) is 0 Å². The Labute approximate surface area is 84.4 Å². The van der Waals surface area contributed by atoms with Gasteiger partial charge in [0.2, 0.25) is 5.57 Å². The Kier molecular flexibility index (Phi) is 2.26. The van der Waals surface area contributed by atoms with E-state index in [4.69, 9.17) is 0 Å². The molecule has 2 N–H and O–H groups in total. The highest BCUT2D eigenvalue weighted by Gasteiger charge is 2.27. The van der Waals surface area contributed by atoms with Crippen molar-refractivity contribution in [2.45, 2.75) is 0 Å². The zero-order chi connectivity index (χ0) is 10.9. The summed E-state index contributed by atoms with van der Waals surface area (Å²) in [5.74, 6) is 0. The molecule has 8 heteroatoms. The van der Waals surface area contributed by atoms with Crippen LogP contribution < -0.4 is 5.57 Å². The third-order valence-electron chi connectivity index (χ3n) is 1.63. The number of imidazole rings is 1. The van der Waals surface area contributed by atoms with Crippen LogP contribution in [0.3, 0.4) is 0 Å². The lowest BCUT2D eigenvalue weighted by Crippen LogP contribution is -2.09. The second-order valence-electron chi connectivity index (χ2n) is 2.61. The van der Waals surface area contributed by atoms with E-state index < -0.39 is 7.60 Å². The van der Waals surface area contributed by atoms with Gasteiger partial charge in [0.05, 0.1) is 12.5 Å². The minimum atomic E-state index is -3.97. The lowest BCUT2D eigenvalue weighted by Gasteiger charge is -2.04. The molecular weight excluding hydrogens is 219 g/mol. The molecule has 7 nitrogen and oxygen atoms in total. The topological polar surface area (TPSA) is 101 Å². The van der Waals surface area contributed by atoms with Crippen molar-refractivity contribution in [2.75, 3.05) is 0 Å². The normalized spacial score (nSPS) is 14.7. The number of fused-ring (bicyclic) bond motifs is 1. The molecular formula is C7H7N4O3P. The van der Waals surface area contributed by atoms with Gasteiger partial charge in [-0.05, 0) is 0 Å². The van der Waals surface area contributed by atoms with Crippen molar-refractivity contribution in [1.82, 2.24) is 19.9 Å². The van der Waals surface area contributed by atoms with Gasteiger partial charge in [0.25, 0.3) is 0 Å². The van der Waals surface area contributed by atoms with Crippen LogP contribution in [-0.2, 0) is 9.09 Å². The van der Waals surface area contributed by atoms with Crippen molar-refractivity contribution in [1.29, 1.82) is 0 Å². The number of aromatic nitrogens is 4. The van der Waals surface area contributed by atoms with Crippen LogP contribution >= 0.6 is 7.60 Å². The molecule has 0 saturated heterocycles. The Hall–Kier alpha value is -1.72. The minimum Gasteiger partial charge on any atom is -0.428 e. The Morgan fingerprint density at radius 3 is 3.13 bits per heavy atom. The van der Waals surface area contributed by atoms with E-state index >= 15 is 0 Å². The zero-order valence-electron chi connectivity index (χ0n) is 7.49. The predicted octanol–water partition coefficient (Wildman–Crippen LogP) is 0.324. The number of nitrogens with one attached hydrogen (secondary N) is 1. The number of rotatable bonds is 3. The first-order chi connectivity index (χ1) is 7.13. The molecule has 15 heavy (non-hydrogen) atoms. The van der Waals surface area contributed by atoms with Gasteiger partial charge < -0.3 is 14.4 Å². The maximum atomic E-state index is 11.5. The number of nitrogens with zero attached hydrogens (tertiary/aromatic N) is 3. The molecule has 1 unspecified atom stereocenters. The second-order valence-corrected chi connectivity index (χ2v) is 4.29. The van der Waals surface area contributed by atoms with Gasteiger partial charge in [-0.3, -0.25) is 0 Å². The maximum Gasteiger partial charge on any atom is 0.442 e. The Morgan fingerprint density at radius 1 is 1.67 bits per heavy atom. The molecule has 2 aromatic heterocycles. The van der Waals surface area contributed by atoms with Gasteiger partial charge in [-0.1, -0.05) is 6.58 Å². The van der Waals surface area contributed by atoms with E-state index in [-0.39, 0.29) is 5.57 Å². The molecule has 0 aliphatic carbocycles. The number of aromatic amines is 1. The quantitative estimate of drug-likeness (QED) is 0.577. The number of hydrogen-bond acceptors (Lipinski definition) is 5. The van der Waals surface area contributed by atoms with Crippen LogP contribution in [0.1, 0.15) is 0 Å². The Bertz CT molecular complexity index is 519. The van der Waals surface area contributed by atoms with Crippen LogP contribution in [0.25, 0.3) is 11.2 Å². The van der Waals surface area contributed by atoms with Crippen molar-refractivity contribution in [3.05, 3.63) is 25.4 Å². The van der Waals surface area contributed by atoms with E-state index in [1.807, 2.05) is 0 Å². The van der Waals surface area contributed by atoms with E-state index in [2.05, 4.69) is 31.0 Å². The van der Waals surface area contributed by atoms with Gasteiger partial charge in [-0.2, -0.15) is 0 Å². The zero-order valence-corrected chi connectivity index (χ0v) is 8.39. The summed E-state index contributed by atoms with van der Waals surface area (Å²) in [5.41, 5.74) is 0.592. The van der Waals surface area contributed by atoms with Crippen LogP contribution in [0.15, 0.2) is 25.4 Å². The van der Waals surface area contributed by atoms with Crippen LogP contribution in [-0.4, -0.2) is 24.8 Å². The summed E-state index contributed by atoms with van der Waals surface area (Å²) < 4.78 is 16.0. The van der Waals surface area contributed by atoms with Gasteiger partial charge in [-0.15, -0.1) is 0 Å². The lowest BCUT2D eigenvalue weighted by molar-refractivity contribution is 0.360. The molecule has 0 bridgehead atoms. The van der Waals surface area contributed by atoms with Crippen molar-refractivity contribution < 1.29 is 14.0 Å². The first-order valence-corrected chi connectivity index (χ1v) is 5.49. The minimum absolute atomic E-state index is 0.182. The molecule has 2 aromatic rings. The van der Waals surface area contributed by atoms with Gasteiger partial charge in [0, 0.05) is 0 Å². The van der Waals surface area contributed by atoms with Gasteiger partial charge in [0.15, 0.2) is 5.65 Å². The van der Waals surface area contributed by atoms with Crippen molar-refractivity contribution in [3.8, 4) is 0 Å². The molecule has 0 fully saturated rings. The molecule has 78 valence electrons. The van der Waals surface area contributed by atoms with E-state index in [0.29, 0.717) is 11.2 Å². The molecule has 0 radical (unpaired) electrons. The summed E-state index contributed by atoms with van der Waals surface area (Å²) in [6, 6.07) is 0. The average molecular weight is 226 g/mol. The molecule has 0 spiro atoms. The second kappa shape index (κ2) is 3.45. The molecule has 0 aliphatic rings. The maximum absolute atomic E-state index is 11.5. The highest BCUT2D eigenvalue weighted by Crippen LogP contribution is 2.39. The van der Waals surface area contributed by atoms with Gasteiger partial charge in [-0.25, -0.2) is 19.5 Å². The number of H-pyrrole nitrogens is 1. The fourth-order valence-electron chi connectivity index (χ4n) is 1.03. The third-order valence-corrected chi connectivity index (χ3v) is 2.82. The van der Waals surface area contributed by atoms with Gasteiger partial charge in [0.1, 0.15) is 11.8 Å². The SMILES string of the molecule is C=COP(=O)(O)c1nc2ncncc2[nH]1. The van der Waals surface area contributed by atoms with Crippen molar-refractivity contribution in [3.63, 3.8) is 0 Å². The smallest absolute Gasteiger partial charge is 0.428 e. The monoisotopic (exact) mass is 226 g/mol.